The van der Waals surface area contributed by atoms with Gasteiger partial charge in [-0.3, -0.25) is 14.5 Å². The van der Waals surface area contributed by atoms with E-state index in [4.69, 9.17) is 44.9 Å². The molecule has 0 bridgehead atoms. The van der Waals surface area contributed by atoms with Gasteiger partial charge in [0.2, 0.25) is 0 Å². The summed E-state index contributed by atoms with van der Waals surface area (Å²) >= 11 is 18.7. The lowest BCUT2D eigenvalue weighted by Crippen LogP contribution is -2.27. The van der Waals surface area contributed by atoms with E-state index in [9.17, 15) is 9.59 Å². The molecule has 4 rings (SSSR count). The molecule has 2 amide bonds. The molecular weight excluding hydrogens is 539 g/mol. The van der Waals surface area contributed by atoms with Crippen LogP contribution in [0, 0.1) is 0 Å². The van der Waals surface area contributed by atoms with Crippen molar-refractivity contribution >= 4 is 80.8 Å². The Kier molecular flexibility index (Phi) is 8.53. The predicted octanol–water partition coefficient (Wildman–Crippen LogP) is 6.82. The average Bonchev–Trinajstić information content (AvgIpc) is 3.13. The number of carbonyl (C=O) groups is 2. The summed E-state index contributed by atoms with van der Waals surface area (Å²) in [5, 5.41) is 3.51. The molecule has 0 saturated carbocycles. The highest BCUT2D eigenvalue weighted by molar-refractivity contribution is 8.27. The number of hydrogen-bond acceptors (Lipinski definition) is 6. The number of anilines is 2. The van der Waals surface area contributed by atoms with Crippen LogP contribution in [0.1, 0.15) is 12.5 Å². The Labute approximate surface area is 228 Å². The molecule has 10 heteroatoms. The van der Waals surface area contributed by atoms with Crippen molar-refractivity contribution in [2.45, 2.75) is 6.92 Å². The lowest BCUT2D eigenvalue weighted by atomic mass is 10.2. The zero-order chi connectivity index (χ0) is 25.7. The van der Waals surface area contributed by atoms with Crippen LogP contribution in [0.2, 0.25) is 10.0 Å². The Morgan fingerprint density at radius 1 is 1.03 bits per heavy atom. The van der Waals surface area contributed by atoms with Gasteiger partial charge in [-0.1, -0.05) is 59.3 Å². The summed E-state index contributed by atoms with van der Waals surface area (Å²) in [7, 11) is 0. The topological polar surface area (TPSA) is 67.9 Å². The Morgan fingerprint density at radius 2 is 1.81 bits per heavy atom. The van der Waals surface area contributed by atoms with Gasteiger partial charge in [-0.2, -0.15) is 0 Å². The van der Waals surface area contributed by atoms with Gasteiger partial charge in [0.25, 0.3) is 11.8 Å². The van der Waals surface area contributed by atoms with Gasteiger partial charge in [-0.15, -0.1) is 0 Å². The van der Waals surface area contributed by atoms with Crippen LogP contribution in [-0.2, 0) is 9.59 Å². The number of benzene rings is 3. The van der Waals surface area contributed by atoms with Crippen molar-refractivity contribution in [2.75, 3.05) is 23.4 Å². The maximum atomic E-state index is 13.0. The zero-order valence-corrected chi connectivity index (χ0v) is 22.1. The van der Waals surface area contributed by atoms with Gasteiger partial charge in [-0.25, -0.2) is 0 Å². The second-order valence-electron chi connectivity index (χ2n) is 7.48. The van der Waals surface area contributed by atoms with E-state index in [1.54, 1.807) is 66.7 Å². The Hall–Kier alpha value is -3.04. The Bertz CT molecular complexity index is 1350. The summed E-state index contributed by atoms with van der Waals surface area (Å²) in [5.74, 6) is 0.666. The van der Waals surface area contributed by atoms with Crippen molar-refractivity contribution < 1.29 is 19.1 Å². The van der Waals surface area contributed by atoms with Crippen LogP contribution in [0.25, 0.3) is 6.08 Å². The number of ether oxygens (including phenoxy) is 2. The highest BCUT2D eigenvalue weighted by Crippen LogP contribution is 2.38. The van der Waals surface area contributed by atoms with E-state index in [1.807, 2.05) is 13.0 Å². The van der Waals surface area contributed by atoms with Crippen LogP contribution in [0.4, 0.5) is 11.4 Å². The maximum absolute atomic E-state index is 13.0. The molecule has 0 aliphatic carbocycles. The second-order valence-corrected chi connectivity index (χ2v) is 9.97. The summed E-state index contributed by atoms with van der Waals surface area (Å²) in [5.41, 5.74) is 1.92. The molecule has 0 radical (unpaired) electrons. The number of amides is 2. The first-order valence-corrected chi connectivity index (χ1v) is 12.8. The minimum Gasteiger partial charge on any atom is -0.494 e. The summed E-state index contributed by atoms with van der Waals surface area (Å²) in [6, 6.07) is 19.1. The number of nitrogens with zero attached hydrogens (tertiary/aromatic N) is 1. The molecule has 0 atom stereocenters. The van der Waals surface area contributed by atoms with Crippen molar-refractivity contribution in [1.29, 1.82) is 0 Å². The number of nitrogens with one attached hydrogen (secondary N) is 1. The van der Waals surface area contributed by atoms with Crippen molar-refractivity contribution in [2.24, 2.45) is 0 Å². The smallest absolute Gasteiger partial charge is 0.270 e. The van der Waals surface area contributed by atoms with Crippen LogP contribution < -0.4 is 19.7 Å². The molecule has 1 aliphatic heterocycles. The van der Waals surface area contributed by atoms with Gasteiger partial charge in [0, 0.05) is 5.69 Å². The van der Waals surface area contributed by atoms with E-state index in [1.165, 1.54) is 16.7 Å². The summed E-state index contributed by atoms with van der Waals surface area (Å²) < 4.78 is 11.4. The summed E-state index contributed by atoms with van der Waals surface area (Å²) in [4.78, 5) is 27.2. The van der Waals surface area contributed by atoms with Gasteiger partial charge in [0.1, 0.15) is 11.5 Å². The molecule has 184 valence electrons. The Morgan fingerprint density at radius 3 is 2.53 bits per heavy atom. The SMILES string of the molecule is CCOc1ccc(NC(=O)COc2cccc(/C=C3\SC(=S)N(c4ccc(Cl)c(Cl)c4)C3=O)c2)cc1. The first-order valence-electron chi connectivity index (χ1n) is 10.8. The molecule has 3 aromatic carbocycles. The van der Waals surface area contributed by atoms with E-state index >= 15 is 0 Å². The van der Waals surface area contributed by atoms with E-state index in [2.05, 4.69) is 5.32 Å². The first kappa shape index (κ1) is 26.0. The summed E-state index contributed by atoms with van der Waals surface area (Å²) in [6.45, 7) is 2.31. The highest BCUT2D eigenvalue weighted by atomic mass is 35.5. The molecule has 0 aromatic heterocycles. The standard InChI is InChI=1S/C26H20Cl2N2O4S2/c1-2-33-19-9-6-17(7-10-19)29-24(31)15-34-20-5-3-4-16(12-20)13-23-25(32)30(26(35)36-23)18-8-11-21(27)22(28)14-18/h3-14H,2,15H2,1H3,(H,29,31)/b23-13-. The average molecular weight is 559 g/mol. The Balaban J connectivity index is 1.39. The number of thiocarbonyl (C=S) groups is 1. The molecule has 1 N–H and O–H groups in total. The fourth-order valence-electron chi connectivity index (χ4n) is 3.31. The monoisotopic (exact) mass is 558 g/mol. The molecule has 36 heavy (non-hydrogen) atoms. The molecule has 3 aromatic rings. The van der Waals surface area contributed by atoms with Crippen molar-refractivity contribution in [1.82, 2.24) is 0 Å². The van der Waals surface area contributed by atoms with Gasteiger partial charge in [0.15, 0.2) is 10.9 Å². The van der Waals surface area contributed by atoms with E-state index in [-0.39, 0.29) is 18.4 Å². The largest absolute Gasteiger partial charge is 0.494 e. The minimum absolute atomic E-state index is 0.171. The number of halogens is 2. The van der Waals surface area contributed by atoms with Gasteiger partial charge >= 0.3 is 0 Å². The summed E-state index contributed by atoms with van der Waals surface area (Å²) in [6.07, 6.45) is 1.73. The van der Waals surface area contributed by atoms with Crippen LogP contribution in [0.3, 0.4) is 0 Å². The van der Waals surface area contributed by atoms with Gasteiger partial charge < -0.3 is 14.8 Å². The molecule has 0 unspecified atom stereocenters. The maximum Gasteiger partial charge on any atom is 0.270 e. The number of carbonyl (C=O) groups excluding carboxylic acids is 2. The quantitative estimate of drug-likeness (QED) is 0.242. The molecule has 6 nitrogen and oxygen atoms in total. The van der Waals surface area contributed by atoms with Crippen molar-refractivity contribution in [3.05, 3.63) is 87.2 Å². The molecule has 1 fully saturated rings. The van der Waals surface area contributed by atoms with E-state index in [0.717, 1.165) is 11.3 Å². The predicted molar refractivity (Wildman–Crippen MR) is 150 cm³/mol. The van der Waals surface area contributed by atoms with Crippen LogP contribution in [-0.4, -0.2) is 29.3 Å². The third kappa shape index (κ3) is 6.39. The normalized spacial score (nSPS) is 14.3. The number of thioether (sulfide) groups is 1. The van der Waals surface area contributed by atoms with Crippen LogP contribution in [0.5, 0.6) is 11.5 Å². The lowest BCUT2D eigenvalue weighted by molar-refractivity contribution is -0.118. The van der Waals surface area contributed by atoms with Crippen molar-refractivity contribution in [3.8, 4) is 11.5 Å². The van der Waals surface area contributed by atoms with Gasteiger partial charge in [-0.05, 0) is 73.2 Å². The molecular formula is C26H20Cl2N2O4S2. The molecule has 1 aliphatic rings. The van der Waals surface area contributed by atoms with E-state index in [0.29, 0.717) is 43.0 Å². The zero-order valence-electron chi connectivity index (χ0n) is 19.0. The van der Waals surface area contributed by atoms with Crippen molar-refractivity contribution in [3.63, 3.8) is 0 Å². The number of hydrogen-bond donors (Lipinski definition) is 1. The minimum atomic E-state index is -0.299. The van der Waals surface area contributed by atoms with Crippen LogP contribution >= 0.6 is 47.2 Å². The molecule has 0 spiro atoms. The third-order valence-corrected chi connectivity index (χ3v) is 6.97. The number of rotatable bonds is 8. The molecule has 1 saturated heterocycles. The fourth-order valence-corrected chi connectivity index (χ4v) is 4.90. The third-order valence-electron chi connectivity index (χ3n) is 4.93. The van der Waals surface area contributed by atoms with Gasteiger partial charge in [0.05, 0.1) is 27.2 Å². The highest BCUT2D eigenvalue weighted by Gasteiger charge is 2.33. The second kappa shape index (κ2) is 11.8. The van der Waals surface area contributed by atoms with Crippen LogP contribution in [0.15, 0.2) is 71.6 Å². The molecule has 1 heterocycles. The first-order chi connectivity index (χ1) is 17.3. The van der Waals surface area contributed by atoms with E-state index < -0.39 is 0 Å². The lowest BCUT2D eigenvalue weighted by Gasteiger charge is -2.15. The fraction of sp³-hybridized carbons (Fsp3) is 0.115.